The Balaban J connectivity index is 1.59. The van der Waals surface area contributed by atoms with Crippen LogP contribution in [0.4, 0.5) is 10.5 Å². The molecule has 134 valence electrons. The highest BCUT2D eigenvalue weighted by molar-refractivity contribution is 6.30. The van der Waals surface area contributed by atoms with E-state index in [4.69, 9.17) is 16.3 Å². The van der Waals surface area contributed by atoms with E-state index >= 15 is 0 Å². The summed E-state index contributed by atoms with van der Waals surface area (Å²) in [6.07, 6.45) is 0. The topological polar surface area (TPSA) is 58.6 Å². The van der Waals surface area contributed by atoms with Gasteiger partial charge in [-0.3, -0.25) is 15.0 Å². The number of amides is 3. The van der Waals surface area contributed by atoms with Crippen LogP contribution in [0.5, 0.6) is 11.5 Å². The van der Waals surface area contributed by atoms with Gasteiger partial charge in [-0.25, -0.2) is 4.79 Å². The van der Waals surface area contributed by atoms with Gasteiger partial charge >= 0.3 is 6.03 Å². The van der Waals surface area contributed by atoms with E-state index in [0.717, 1.165) is 5.56 Å². The Morgan fingerprint density at radius 3 is 2.04 bits per heavy atom. The first-order valence-electron chi connectivity index (χ1n) is 8.34. The second kappa shape index (κ2) is 7.13. The second-order valence-electron chi connectivity index (χ2n) is 6.03. The van der Waals surface area contributed by atoms with Gasteiger partial charge in [0.2, 0.25) is 0 Å². The van der Waals surface area contributed by atoms with Crippen molar-refractivity contribution in [3.05, 3.63) is 89.4 Å². The summed E-state index contributed by atoms with van der Waals surface area (Å²) >= 11 is 5.87. The van der Waals surface area contributed by atoms with Crippen molar-refractivity contribution in [2.45, 2.75) is 6.04 Å². The standard InChI is InChI=1S/C21H15ClN2O3/c22-15-6-10-17(11-7-15)27-18-12-8-16(9-13-18)24-19(20(25)23-21(24)26)14-4-2-1-3-5-14/h1-13,19H,(H,23,25,26)/t19-/m1/s1. The molecular formula is C21H15ClN2O3. The zero-order valence-electron chi connectivity index (χ0n) is 14.1. The van der Waals surface area contributed by atoms with Gasteiger partial charge in [0.1, 0.15) is 17.5 Å². The molecule has 0 aliphatic carbocycles. The maximum Gasteiger partial charge on any atom is 0.329 e. The van der Waals surface area contributed by atoms with Crippen LogP contribution >= 0.6 is 11.6 Å². The highest BCUT2D eigenvalue weighted by atomic mass is 35.5. The van der Waals surface area contributed by atoms with Crippen LogP contribution in [-0.2, 0) is 4.79 Å². The fraction of sp³-hybridized carbons (Fsp3) is 0.0476. The fourth-order valence-electron chi connectivity index (χ4n) is 2.98. The normalized spacial score (nSPS) is 16.3. The molecule has 0 bridgehead atoms. The van der Waals surface area contributed by atoms with Crippen LogP contribution in [0.3, 0.4) is 0 Å². The Kier molecular flexibility index (Phi) is 4.52. The predicted molar refractivity (Wildman–Crippen MR) is 103 cm³/mol. The van der Waals surface area contributed by atoms with E-state index in [9.17, 15) is 9.59 Å². The quantitative estimate of drug-likeness (QED) is 0.655. The summed E-state index contributed by atoms with van der Waals surface area (Å²) in [5, 5.41) is 3.01. The highest BCUT2D eigenvalue weighted by Gasteiger charge is 2.40. The molecule has 1 heterocycles. The van der Waals surface area contributed by atoms with Crippen LogP contribution in [0.25, 0.3) is 0 Å². The van der Waals surface area contributed by atoms with Crippen LogP contribution in [-0.4, -0.2) is 11.9 Å². The van der Waals surface area contributed by atoms with Gasteiger partial charge in [-0.2, -0.15) is 0 Å². The van der Waals surface area contributed by atoms with Crippen molar-refractivity contribution >= 4 is 29.2 Å². The third kappa shape index (κ3) is 3.50. The van der Waals surface area contributed by atoms with Gasteiger partial charge in [0.25, 0.3) is 5.91 Å². The number of ether oxygens (including phenoxy) is 1. The molecule has 1 aliphatic rings. The lowest BCUT2D eigenvalue weighted by molar-refractivity contribution is -0.119. The molecule has 0 aromatic heterocycles. The van der Waals surface area contributed by atoms with Crippen molar-refractivity contribution in [2.24, 2.45) is 0 Å². The molecule has 3 amide bonds. The lowest BCUT2D eigenvalue weighted by Gasteiger charge is -2.22. The smallest absolute Gasteiger partial charge is 0.329 e. The Morgan fingerprint density at radius 1 is 0.815 bits per heavy atom. The maximum absolute atomic E-state index is 12.3. The molecule has 0 unspecified atom stereocenters. The van der Waals surface area contributed by atoms with Crippen LogP contribution in [0.1, 0.15) is 11.6 Å². The average molecular weight is 379 g/mol. The van der Waals surface area contributed by atoms with E-state index in [1.165, 1.54) is 4.90 Å². The number of rotatable bonds is 4. The van der Waals surface area contributed by atoms with Gasteiger partial charge < -0.3 is 4.74 Å². The SMILES string of the molecule is O=C1NC(=O)N(c2ccc(Oc3ccc(Cl)cc3)cc2)[C@@H]1c1ccccc1. The number of hydrogen-bond donors (Lipinski definition) is 1. The fourth-order valence-corrected chi connectivity index (χ4v) is 3.11. The molecule has 0 spiro atoms. The minimum Gasteiger partial charge on any atom is -0.457 e. The number of urea groups is 1. The lowest BCUT2D eigenvalue weighted by atomic mass is 10.1. The molecule has 1 atom stereocenters. The van der Waals surface area contributed by atoms with Gasteiger partial charge in [-0.15, -0.1) is 0 Å². The Labute approximate surface area is 161 Å². The van der Waals surface area contributed by atoms with E-state index in [1.807, 2.05) is 30.3 Å². The number of benzene rings is 3. The molecule has 1 N–H and O–H groups in total. The molecule has 1 fully saturated rings. The third-order valence-corrected chi connectivity index (χ3v) is 4.49. The Bertz CT molecular complexity index is 973. The Hall–Kier alpha value is -3.31. The lowest BCUT2D eigenvalue weighted by Crippen LogP contribution is -2.29. The van der Waals surface area contributed by atoms with E-state index in [2.05, 4.69) is 5.32 Å². The van der Waals surface area contributed by atoms with Crippen molar-refractivity contribution in [2.75, 3.05) is 4.90 Å². The number of carbonyl (C=O) groups is 2. The number of hydrogen-bond acceptors (Lipinski definition) is 3. The summed E-state index contributed by atoms with van der Waals surface area (Å²) in [6, 6.07) is 22.1. The van der Waals surface area contributed by atoms with E-state index in [-0.39, 0.29) is 5.91 Å². The van der Waals surface area contributed by atoms with E-state index in [0.29, 0.717) is 22.2 Å². The first-order chi connectivity index (χ1) is 13.1. The first-order valence-corrected chi connectivity index (χ1v) is 8.72. The monoisotopic (exact) mass is 378 g/mol. The van der Waals surface area contributed by atoms with E-state index in [1.54, 1.807) is 48.5 Å². The summed E-state index contributed by atoms with van der Waals surface area (Å²) in [7, 11) is 0. The van der Waals surface area contributed by atoms with Gasteiger partial charge in [-0.05, 0) is 54.1 Å². The first kappa shape index (κ1) is 17.1. The van der Waals surface area contributed by atoms with Gasteiger partial charge in [0.15, 0.2) is 0 Å². The molecule has 0 saturated carbocycles. The molecule has 0 radical (unpaired) electrons. The average Bonchev–Trinajstić information content (AvgIpc) is 2.99. The predicted octanol–water partition coefficient (Wildman–Crippen LogP) is 4.93. The highest BCUT2D eigenvalue weighted by Crippen LogP contribution is 2.33. The molecule has 3 aromatic carbocycles. The van der Waals surface area contributed by atoms with Crippen molar-refractivity contribution in [3.63, 3.8) is 0 Å². The van der Waals surface area contributed by atoms with Crippen molar-refractivity contribution in [1.82, 2.24) is 5.32 Å². The maximum atomic E-state index is 12.3. The summed E-state index contributed by atoms with van der Waals surface area (Å²) in [5.74, 6) is 0.930. The second-order valence-corrected chi connectivity index (χ2v) is 6.46. The van der Waals surface area contributed by atoms with Crippen LogP contribution in [0.2, 0.25) is 5.02 Å². The number of nitrogens with one attached hydrogen (secondary N) is 1. The molecule has 1 aliphatic heterocycles. The molecule has 3 aromatic rings. The molecule has 4 rings (SSSR count). The number of halogens is 1. The van der Waals surface area contributed by atoms with E-state index < -0.39 is 12.1 Å². The molecule has 27 heavy (non-hydrogen) atoms. The number of carbonyl (C=O) groups excluding carboxylic acids is 2. The zero-order valence-corrected chi connectivity index (χ0v) is 14.9. The van der Waals surface area contributed by atoms with Crippen molar-refractivity contribution in [1.29, 1.82) is 0 Å². The van der Waals surface area contributed by atoms with Crippen LogP contribution < -0.4 is 15.0 Å². The molecule has 6 heteroatoms. The summed E-state index contributed by atoms with van der Waals surface area (Å²) in [4.78, 5) is 26.1. The third-order valence-electron chi connectivity index (χ3n) is 4.24. The van der Waals surface area contributed by atoms with Crippen molar-refractivity contribution in [3.8, 4) is 11.5 Å². The van der Waals surface area contributed by atoms with Gasteiger partial charge in [0.05, 0.1) is 0 Å². The molecule has 5 nitrogen and oxygen atoms in total. The summed E-state index contributed by atoms with van der Waals surface area (Å²) in [5.41, 5.74) is 1.36. The van der Waals surface area contributed by atoms with Crippen LogP contribution in [0, 0.1) is 0 Å². The number of imide groups is 1. The molecular weight excluding hydrogens is 364 g/mol. The zero-order chi connectivity index (χ0) is 18.8. The van der Waals surface area contributed by atoms with Gasteiger partial charge in [-0.1, -0.05) is 41.9 Å². The van der Waals surface area contributed by atoms with Gasteiger partial charge in [0, 0.05) is 10.7 Å². The van der Waals surface area contributed by atoms with Crippen LogP contribution in [0.15, 0.2) is 78.9 Å². The minimum atomic E-state index is -0.693. The number of anilines is 1. The Morgan fingerprint density at radius 2 is 1.41 bits per heavy atom. The largest absolute Gasteiger partial charge is 0.457 e. The molecule has 1 saturated heterocycles. The summed E-state index contributed by atoms with van der Waals surface area (Å²) < 4.78 is 5.77. The van der Waals surface area contributed by atoms with Crippen molar-refractivity contribution < 1.29 is 14.3 Å². The number of nitrogens with zero attached hydrogens (tertiary/aromatic N) is 1. The summed E-state index contributed by atoms with van der Waals surface area (Å²) in [6.45, 7) is 0. The minimum absolute atomic E-state index is 0.340.